The van der Waals surface area contributed by atoms with Gasteiger partial charge in [0.15, 0.2) is 0 Å². The lowest BCUT2D eigenvalue weighted by Crippen LogP contribution is -2.27. The van der Waals surface area contributed by atoms with Crippen molar-refractivity contribution in [3.63, 3.8) is 0 Å². The minimum absolute atomic E-state index is 0.203. The summed E-state index contributed by atoms with van der Waals surface area (Å²) in [6.07, 6.45) is 3.05. The molecule has 0 fully saturated rings. The van der Waals surface area contributed by atoms with Crippen LogP contribution in [-0.2, 0) is 0 Å². The lowest BCUT2D eigenvalue weighted by atomic mass is 10.2. The summed E-state index contributed by atoms with van der Waals surface area (Å²) in [6, 6.07) is 17.4. The molecule has 1 aromatic heterocycles. The molecule has 0 radical (unpaired) electrons. The fourth-order valence-electron chi connectivity index (χ4n) is 2.43. The molecule has 0 saturated heterocycles. The summed E-state index contributed by atoms with van der Waals surface area (Å²) in [5.74, 6) is 0.382. The second kappa shape index (κ2) is 7.65. The van der Waals surface area contributed by atoms with E-state index in [0.29, 0.717) is 11.5 Å². The summed E-state index contributed by atoms with van der Waals surface area (Å²) < 4.78 is 0. The minimum atomic E-state index is -0.203. The van der Waals surface area contributed by atoms with Gasteiger partial charge in [0.1, 0.15) is 11.5 Å². The Kier molecular flexibility index (Phi) is 5.12. The number of para-hydroxylation sites is 1. The van der Waals surface area contributed by atoms with Crippen molar-refractivity contribution in [3.8, 4) is 0 Å². The highest BCUT2D eigenvalue weighted by Gasteiger charge is 2.15. The zero-order valence-electron chi connectivity index (χ0n) is 15.0. The van der Waals surface area contributed by atoms with Gasteiger partial charge in [0.2, 0.25) is 0 Å². The first-order chi connectivity index (χ1) is 12.5. The summed E-state index contributed by atoms with van der Waals surface area (Å²) in [4.78, 5) is 24.6. The first kappa shape index (κ1) is 17.4. The normalized spacial score (nSPS) is 10.3. The van der Waals surface area contributed by atoms with Gasteiger partial charge in [-0.2, -0.15) is 0 Å². The number of hydrogen-bond acceptors (Lipinski definition) is 5. The molecule has 0 aliphatic carbocycles. The van der Waals surface area contributed by atoms with Crippen LogP contribution in [0.3, 0.4) is 0 Å². The lowest BCUT2D eigenvalue weighted by molar-refractivity contribution is 0.0988. The number of anilines is 4. The molecule has 1 heterocycles. The van der Waals surface area contributed by atoms with Crippen molar-refractivity contribution < 1.29 is 4.79 Å². The predicted octanol–water partition coefficient (Wildman–Crippen LogP) is 3.56. The van der Waals surface area contributed by atoms with Crippen LogP contribution in [0, 0.1) is 0 Å². The lowest BCUT2D eigenvalue weighted by Gasteiger charge is -2.16. The monoisotopic (exact) mass is 347 g/mol. The highest BCUT2D eigenvalue weighted by molar-refractivity contribution is 6.04. The Morgan fingerprint density at radius 1 is 0.846 bits per heavy atom. The van der Waals surface area contributed by atoms with E-state index in [0.717, 1.165) is 17.1 Å². The van der Waals surface area contributed by atoms with Crippen LogP contribution in [0.1, 0.15) is 10.5 Å². The molecule has 6 heteroatoms. The molecule has 0 saturated carbocycles. The number of nitrogens with zero attached hydrogens (tertiary/aromatic N) is 4. The average molecular weight is 347 g/mol. The molecule has 0 aliphatic rings. The second-order valence-corrected chi connectivity index (χ2v) is 6.05. The maximum absolute atomic E-state index is 12.5. The first-order valence-corrected chi connectivity index (χ1v) is 8.24. The van der Waals surface area contributed by atoms with Crippen LogP contribution in [0.25, 0.3) is 0 Å². The third-order valence-corrected chi connectivity index (χ3v) is 3.98. The Labute approximate surface area is 153 Å². The van der Waals surface area contributed by atoms with Gasteiger partial charge in [-0.25, -0.2) is 9.97 Å². The Morgan fingerprint density at radius 3 is 2.12 bits per heavy atom. The third-order valence-electron chi connectivity index (χ3n) is 3.98. The van der Waals surface area contributed by atoms with Crippen LogP contribution < -0.4 is 15.1 Å². The van der Waals surface area contributed by atoms with Crippen molar-refractivity contribution >= 4 is 28.8 Å². The van der Waals surface area contributed by atoms with Crippen LogP contribution in [-0.4, -0.2) is 37.0 Å². The van der Waals surface area contributed by atoms with Crippen LogP contribution in [0.15, 0.2) is 67.0 Å². The topological polar surface area (TPSA) is 61.4 Å². The molecular weight excluding hydrogens is 326 g/mol. The molecule has 1 amide bonds. The number of nitrogens with one attached hydrogen (secondary N) is 1. The third kappa shape index (κ3) is 3.97. The smallest absolute Gasteiger partial charge is 0.278 e. The van der Waals surface area contributed by atoms with E-state index in [9.17, 15) is 4.79 Å². The quantitative estimate of drug-likeness (QED) is 0.765. The van der Waals surface area contributed by atoms with Crippen molar-refractivity contribution in [1.29, 1.82) is 0 Å². The zero-order chi connectivity index (χ0) is 18.5. The van der Waals surface area contributed by atoms with Crippen molar-refractivity contribution in [3.05, 3.63) is 72.7 Å². The molecule has 0 bridgehead atoms. The fourth-order valence-corrected chi connectivity index (χ4v) is 2.43. The average Bonchev–Trinajstić information content (AvgIpc) is 2.68. The van der Waals surface area contributed by atoms with Crippen LogP contribution in [0.4, 0.5) is 22.9 Å². The predicted molar refractivity (Wildman–Crippen MR) is 105 cm³/mol. The molecule has 1 N–H and O–H groups in total. The number of aromatic nitrogens is 2. The molecule has 3 rings (SSSR count). The maximum atomic E-state index is 12.5. The van der Waals surface area contributed by atoms with Crippen molar-refractivity contribution in [2.75, 3.05) is 36.3 Å². The van der Waals surface area contributed by atoms with Gasteiger partial charge in [0.25, 0.3) is 5.91 Å². The largest absolute Gasteiger partial charge is 0.378 e. The zero-order valence-corrected chi connectivity index (χ0v) is 15.0. The van der Waals surface area contributed by atoms with Crippen molar-refractivity contribution in [1.82, 2.24) is 9.97 Å². The molecule has 2 aromatic carbocycles. The highest BCUT2D eigenvalue weighted by Crippen LogP contribution is 2.19. The SMILES string of the molecule is CN(C)c1ccc(Nc2cnc(C(=O)N(C)c3ccccc3)cn2)cc1. The number of carbonyl (C=O) groups excluding carboxylic acids is 1. The molecule has 0 atom stereocenters. The number of carbonyl (C=O) groups is 1. The van der Waals surface area contributed by atoms with Gasteiger partial charge in [-0.1, -0.05) is 18.2 Å². The highest BCUT2D eigenvalue weighted by atomic mass is 16.2. The van der Waals surface area contributed by atoms with E-state index in [1.807, 2.05) is 73.6 Å². The summed E-state index contributed by atoms with van der Waals surface area (Å²) >= 11 is 0. The number of rotatable bonds is 5. The van der Waals surface area contributed by atoms with E-state index in [-0.39, 0.29) is 5.91 Å². The number of benzene rings is 2. The molecule has 132 valence electrons. The Morgan fingerprint density at radius 2 is 1.54 bits per heavy atom. The van der Waals surface area contributed by atoms with E-state index >= 15 is 0 Å². The molecule has 0 aliphatic heterocycles. The Hall–Kier alpha value is -3.41. The van der Waals surface area contributed by atoms with E-state index in [4.69, 9.17) is 0 Å². The summed E-state index contributed by atoms with van der Waals surface area (Å²) in [5.41, 5.74) is 3.13. The van der Waals surface area contributed by atoms with Gasteiger partial charge in [0, 0.05) is 38.2 Å². The van der Waals surface area contributed by atoms with Gasteiger partial charge in [-0.05, 0) is 36.4 Å². The van der Waals surface area contributed by atoms with Gasteiger partial charge in [0.05, 0.1) is 12.4 Å². The Balaban J connectivity index is 1.69. The summed E-state index contributed by atoms with van der Waals surface area (Å²) in [5, 5.41) is 3.18. The van der Waals surface area contributed by atoms with Gasteiger partial charge >= 0.3 is 0 Å². The summed E-state index contributed by atoms with van der Waals surface area (Å²) in [7, 11) is 5.71. The van der Waals surface area contributed by atoms with Crippen LogP contribution in [0.2, 0.25) is 0 Å². The first-order valence-electron chi connectivity index (χ1n) is 8.24. The van der Waals surface area contributed by atoms with E-state index in [1.54, 1.807) is 18.1 Å². The standard InChI is InChI=1S/C20H21N5O/c1-24(2)16-11-9-15(10-12-16)23-19-14-21-18(13-22-19)20(26)25(3)17-7-5-4-6-8-17/h4-14H,1-3H3,(H,22,23). The molecule has 0 unspecified atom stereocenters. The minimum Gasteiger partial charge on any atom is -0.378 e. The Bertz CT molecular complexity index is 861. The van der Waals surface area contributed by atoms with E-state index in [1.165, 1.54) is 6.20 Å². The number of hydrogen-bond donors (Lipinski definition) is 1. The fraction of sp³-hybridized carbons (Fsp3) is 0.150. The summed E-state index contributed by atoms with van der Waals surface area (Å²) in [6.45, 7) is 0. The molecule has 26 heavy (non-hydrogen) atoms. The van der Waals surface area contributed by atoms with Crippen LogP contribution in [0.5, 0.6) is 0 Å². The molecule has 3 aromatic rings. The van der Waals surface area contributed by atoms with Gasteiger partial charge in [-0.15, -0.1) is 0 Å². The van der Waals surface area contributed by atoms with Gasteiger partial charge in [-0.3, -0.25) is 4.79 Å². The van der Waals surface area contributed by atoms with Crippen molar-refractivity contribution in [2.45, 2.75) is 0 Å². The second-order valence-electron chi connectivity index (χ2n) is 6.05. The van der Waals surface area contributed by atoms with Gasteiger partial charge < -0.3 is 15.1 Å². The number of amides is 1. The van der Waals surface area contributed by atoms with Crippen LogP contribution >= 0.6 is 0 Å². The molecule has 6 nitrogen and oxygen atoms in total. The van der Waals surface area contributed by atoms with Crippen molar-refractivity contribution in [2.24, 2.45) is 0 Å². The molecular formula is C20H21N5O. The van der Waals surface area contributed by atoms with E-state index in [2.05, 4.69) is 15.3 Å². The molecule has 0 spiro atoms. The maximum Gasteiger partial charge on any atom is 0.278 e. The van der Waals surface area contributed by atoms with E-state index < -0.39 is 0 Å².